The number of hydrogen-bond acceptors (Lipinski definition) is 3. The van der Waals surface area contributed by atoms with Crippen LogP contribution in [0.3, 0.4) is 0 Å². The third-order valence-corrected chi connectivity index (χ3v) is 4.73. The molecule has 32 heavy (non-hydrogen) atoms. The van der Waals surface area contributed by atoms with Gasteiger partial charge in [-0.1, -0.05) is 63.4 Å². The summed E-state index contributed by atoms with van der Waals surface area (Å²) in [5.41, 5.74) is 8.13. The quantitative estimate of drug-likeness (QED) is 0.315. The van der Waals surface area contributed by atoms with Gasteiger partial charge in [-0.25, -0.2) is 4.39 Å². The average Bonchev–Trinajstić information content (AvgIpc) is 2.79. The molecule has 2 rings (SSSR count). The molecule has 2 aromatic rings. The first-order valence-electron chi connectivity index (χ1n) is 11.0. The first-order chi connectivity index (χ1) is 15.2. The molecule has 0 aliphatic rings. The van der Waals surface area contributed by atoms with Crippen molar-refractivity contribution in [2.24, 2.45) is 0 Å². The molecule has 3 N–H and O–H groups in total. The van der Waals surface area contributed by atoms with Crippen LogP contribution in [-0.2, 0) is 11.2 Å². The lowest BCUT2D eigenvalue weighted by Gasteiger charge is -2.24. The van der Waals surface area contributed by atoms with Gasteiger partial charge in [0.2, 0.25) is 0 Å². The summed E-state index contributed by atoms with van der Waals surface area (Å²) in [4.78, 5) is 20.8. The number of amides is 1. The first kappa shape index (κ1) is 28.9. The summed E-state index contributed by atoms with van der Waals surface area (Å²) in [7, 11) is 0. The number of carbonyl (C=O) groups excluding carboxylic acids is 2. The molecule has 0 spiro atoms. The monoisotopic (exact) mass is 440 g/mol. The minimum absolute atomic E-state index is 0.0674. The molecule has 0 unspecified atom stereocenters. The molecule has 2 aromatic carbocycles. The number of alkyl halides is 1. The van der Waals surface area contributed by atoms with Crippen molar-refractivity contribution in [3.05, 3.63) is 65.2 Å². The number of nitrogens with two attached hydrogens (primary N) is 1. The van der Waals surface area contributed by atoms with E-state index < -0.39 is 5.67 Å². The van der Waals surface area contributed by atoms with Crippen molar-refractivity contribution in [2.45, 2.75) is 65.5 Å². The Morgan fingerprint density at radius 3 is 1.97 bits per heavy atom. The molecule has 0 radical (unpaired) electrons. The highest BCUT2D eigenvalue weighted by atomic mass is 19.1. The lowest BCUT2D eigenvalue weighted by molar-refractivity contribution is -0.103. The number of hydrogen-bond donors (Lipinski definition) is 2. The van der Waals surface area contributed by atoms with Gasteiger partial charge in [0.25, 0.3) is 5.91 Å². The van der Waals surface area contributed by atoms with Crippen LogP contribution in [0.1, 0.15) is 67.9 Å². The molecule has 0 fully saturated rings. The predicted molar refractivity (Wildman–Crippen MR) is 132 cm³/mol. The Balaban J connectivity index is 0.000000608. The van der Waals surface area contributed by atoms with Crippen molar-refractivity contribution in [2.75, 3.05) is 12.3 Å². The summed E-state index contributed by atoms with van der Waals surface area (Å²) < 4.78 is 14.5. The second-order valence-electron chi connectivity index (χ2n) is 7.58. The number of nitrogens with one attached hydrogen (secondary N) is 1. The summed E-state index contributed by atoms with van der Waals surface area (Å²) in [6.45, 7) is 8.25. The van der Waals surface area contributed by atoms with Crippen LogP contribution in [0.25, 0.3) is 0 Å². The molecular weight excluding hydrogens is 403 g/mol. The van der Waals surface area contributed by atoms with E-state index in [0.717, 1.165) is 19.3 Å². The Kier molecular flexibility index (Phi) is 14.9. The Bertz CT molecular complexity index is 818. The molecule has 4 nitrogen and oxygen atoms in total. The Morgan fingerprint density at radius 1 is 1.06 bits per heavy atom. The maximum Gasteiger partial charge on any atom is 0.251 e. The van der Waals surface area contributed by atoms with E-state index in [0.29, 0.717) is 30.4 Å². The van der Waals surface area contributed by atoms with Crippen LogP contribution in [0.15, 0.2) is 48.5 Å². The normalized spacial score (nSPS) is 9.88. The average molecular weight is 441 g/mol. The highest BCUT2D eigenvalue weighted by Gasteiger charge is 2.28. The van der Waals surface area contributed by atoms with Gasteiger partial charge in [-0.2, -0.15) is 0 Å². The standard InChI is InChI=1S/C15H23FN2O.C9H12.C3H2O/c1-3-9-15(16,10-4-2)11-18-14(19)12-5-7-13(17)8-6-12;1-3-9-6-4-8(2)5-7-9;1-2-3-4/h5-8H,3-4,9-11,17H2,1-2H3,(H,18,19);4-7H,3H2,1-2H3;1,3H. The fourth-order valence-corrected chi connectivity index (χ4v) is 3.00. The highest BCUT2D eigenvalue weighted by Crippen LogP contribution is 2.23. The maximum absolute atomic E-state index is 14.5. The van der Waals surface area contributed by atoms with Crippen molar-refractivity contribution < 1.29 is 14.0 Å². The third kappa shape index (κ3) is 12.5. The van der Waals surface area contributed by atoms with Crippen LogP contribution >= 0.6 is 0 Å². The van der Waals surface area contributed by atoms with Gasteiger partial charge in [0.05, 0.1) is 6.54 Å². The zero-order valence-electron chi connectivity index (χ0n) is 19.8. The van der Waals surface area contributed by atoms with Crippen molar-refractivity contribution in [1.29, 1.82) is 0 Å². The molecule has 0 saturated carbocycles. The largest absolute Gasteiger partial charge is 0.399 e. The minimum atomic E-state index is -1.30. The van der Waals surface area contributed by atoms with Crippen molar-refractivity contribution in [3.63, 3.8) is 0 Å². The highest BCUT2D eigenvalue weighted by molar-refractivity contribution is 5.94. The maximum atomic E-state index is 14.5. The molecule has 1 amide bonds. The second kappa shape index (κ2) is 16.5. The van der Waals surface area contributed by atoms with E-state index >= 15 is 0 Å². The molecular formula is C27H37FN2O2. The minimum Gasteiger partial charge on any atom is -0.399 e. The molecule has 5 heteroatoms. The van der Waals surface area contributed by atoms with Gasteiger partial charge in [0, 0.05) is 11.3 Å². The Labute approximate surface area is 192 Å². The van der Waals surface area contributed by atoms with Crippen molar-refractivity contribution in [1.82, 2.24) is 5.32 Å². The van der Waals surface area contributed by atoms with Crippen LogP contribution < -0.4 is 11.1 Å². The lowest BCUT2D eigenvalue weighted by Crippen LogP contribution is -2.39. The lowest BCUT2D eigenvalue weighted by atomic mass is 9.94. The van der Waals surface area contributed by atoms with Crippen LogP contribution in [0.4, 0.5) is 10.1 Å². The van der Waals surface area contributed by atoms with E-state index in [9.17, 15) is 9.18 Å². The second-order valence-corrected chi connectivity index (χ2v) is 7.58. The van der Waals surface area contributed by atoms with Crippen LogP contribution in [0.5, 0.6) is 0 Å². The Morgan fingerprint density at radius 2 is 1.56 bits per heavy atom. The van der Waals surface area contributed by atoms with Gasteiger partial charge < -0.3 is 11.1 Å². The third-order valence-electron chi connectivity index (χ3n) is 4.73. The molecule has 0 aliphatic heterocycles. The van der Waals surface area contributed by atoms with E-state index in [1.807, 2.05) is 13.8 Å². The molecule has 0 heterocycles. The Hall–Kier alpha value is -3.13. The van der Waals surface area contributed by atoms with E-state index in [1.54, 1.807) is 30.2 Å². The smallest absolute Gasteiger partial charge is 0.251 e. The van der Waals surface area contributed by atoms with E-state index in [2.05, 4.69) is 49.9 Å². The summed E-state index contributed by atoms with van der Waals surface area (Å²) in [6, 6.07) is 15.3. The molecule has 0 atom stereocenters. The number of benzene rings is 2. The van der Waals surface area contributed by atoms with Gasteiger partial charge in [0.15, 0.2) is 6.29 Å². The number of halogens is 1. The summed E-state index contributed by atoms with van der Waals surface area (Å²) in [5, 5.41) is 2.67. The number of aryl methyl sites for hydroxylation is 2. The SMILES string of the molecule is C#CC=O.CCCC(F)(CCC)CNC(=O)c1ccc(N)cc1.CCc1ccc(C)cc1. The van der Waals surface area contributed by atoms with Gasteiger partial charge in [-0.05, 0) is 61.9 Å². The summed E-state index contributed by atoms with van der Waals surface area (Å²) in [6.07, 6.45) is 8.45. The number of nitrogen functional groups attached to an aromatic ring is 1. The fraction of sp³-hybridized carbons (Fsp3) is 0.407. The fourth-order valence-electron chi connectivity index (χ4n) is 3.00. The number of aldehydes is 1. The zero-order valence-corrected chi connectivity index (χ0v) is 19.8. The van der Waals surface area contributed by atoms with Crippen molar-refractivity contribution in [3.8, 4) is 12.3 Å². The van der Waals surface area contributed by atoms with Crippen molar-refractivity contribution >= 4 is 17.9 Å². The van der Waals surface area contributed by atoms with Gasteiger partial charge in [-0.3, -0.25) is 9.59 Å². The summed E-state index contributed by atoms with van der Waals surface area (Å²) in [5.74, 6) is 1.49. The number of rotatable bonds is 8. The van der Waals surface area contributed by atoms with Crippen LogP contribution in [-0.4, -0.2) is 24.4 Å². The molecule has 0 aromatic heterocycles. The summed E-state index contributed by atoms with van der Waals surface area (Å²) >= 11 is 0. The molecule has 174 valence electrons. The van der Waals surface area contributed by atoms with E-state index in [1.165, 1.54) is 11.1 Å². The van der Waals surface area contributed by atoms with Gasteiger partial charge in [0.1, 0.15) is 5.67 Å². The van der Waals surface area contributed by atoms with Crippen LogP contribution in [0.2, 0.25) is 0 Å². The van der Waals surface area contributed by atoms with E-state index in [-0.39, 0.29) is 12.5 Å². The predicted octanol–water partition coefficient (Wildman–Crippen LogP) is 5.68. The topological polar surface area (TPSA) is 72.2 Å². The number of carbonyl (C=O) groups is 2. The molecule has 0 aliphatic carbocycles. The molecule has 0 bridgehead atoms. The number of anilines is 1. The molecule has 0 saturated heterocycles. The first-order valence-corrected chi connectivity index (χ1v) is 11.0. The van der Waals surface area contributed by atoms with Gasteiger partial charge >= 0.3 is 0 Å². The zero-order chi connectivity index (χ0) is 24.4. The number of terminal acetylenes is 1. The van der Waals surface area contributed by atoms with Gasteiger partial charge in [-0.15, -0.1) is 6.42 Å². The van der Waals surface area contributed by atoms with Crippen LogP contribution in [0, 0.1) is 19.3 Å². The van der Waals surface area contributed by atoms with E-state index in [4.69, 9.17) is 10.5 Å².